The normalized spacial score (nSPS) is 12.8. The van der Waals surface area contributed by atoms with E-state index in [1.165, 1.54) is 20.0 Å². The van der Waals surface area contributed by atoms with Gasteiger partial charge in [-0.2, -0.15) is 0 Å². The topological polar surface area (TPSA) is 99.2 Å². The van der Waals surface area contributed by atoms with Crippen LogP contribution in [0.2, 0.25) is 0 Å². The van der Waals surface area contributed by atoms with Crippen LogP contribution in [0.3, 0.4) is 0 Å². The largest absolute Gasteiger partial charge is 0.387 e. The Kier molecular flexibility index (Phi) is 6.52. The number of carbonyl (C=O) groups excluding carboxylic acids is 1. The van der Waals surface area contributed by atoms with Crippen LogP contribution >= 0.6 is 11.3 Å². The van der Waals surface area contributed by atoms with Gasteiger partial charge in [-0.3, -0.25) is 4.79 Å². The van der Waals surface area contributed by atoms with Crippen molar-refractivity contribution in [2.24, 2.45) is 0 Å². The van der Waals surface area contributed by atoms with Crippen LogP contribution in [0.25, 0.3) is 10.2 Å². The summed E-state index contributed by atoms with van der Waals surface area (Å²) in [5.74, 6) is 0.105. The highest BCUT2D eigenvalue weighted by molar-refractivity contribution is 7.16. The third-order valence-corrected chi connectivity index (χ3v) is 5.20. The molecule has 30 heavy (non-hydrogen) atoms. The van der Waals surface area contributed by atoms with E-state index in [1.54, 1.807) is 22.9 Å². The van der Waals surface area contributed by atoms with Gasteiger partial charge in [0.05, 0.1) is 39.1 Å². The summed E-state index contributed by atoms with van der Waals surface area (Å²) >= 11 is 1.55. The summed E-state index contributed by atoms with van der Waals surface area (Å²) in [4.78, 5) is 21.2. The number of halogens is 1. The minimum absolute atomic E-state index is 0.0747. The average molecular weight is 432 g/mol. The maximum absolute atomic E-state index is 14.0. The first kappa shape index (κ1) is 21.9. The number of nitrogens with one attached hydrogen (secondary N) is 3. The number of benzene rings is 1. The molecule has 9 heteroatoms. The van der Waals surface area contributed by atoms with E-state index in [1.807, 2.05) is 32.0 Å². The molecule has 3 aromatic rings. The summed E-state index contributed by atoms with van der Waals surface area (Å²) in [6.07, 6.45) is -0.135. The standard InChI is InChI=1S/C21H26FN5O2S/c1-12(2)26-16-8-19(27-13-5-6-15-17(7-13)30-11-25-15)23-9-14(16)20(28)24-10-18(22)21(3,4)29/h5-9,11-12,18,29H,10H2,1-4H3,(H,24,28)(H2,23,26,27)/t18-/m1/s1. The molecule has 0 unspecified atom stereocenters. The Morgan fingerprint density at radius 1 is 1.27 bits per heavy atom. The zero-order valence-electron chi connectivity index (χ0n) is 17.4. The molecule has 0 spiro atoms. The molecule has 1 aromatic carbocycles. The van der Waals surface area contributed by atoms with Crippen molar-refractivity contribution in [1.82, 2.24) is 15.3 Å². The predicted molar refractivity (Wildman–Crippen MR) is 119 cm³/mol. The van der Waals surface area contributed by atoms with Gasteiger partial charge in [0, 0.05) is 24.0 Å². The number of carbonyl (C=O) groups is 1. The maximum atomic E-state index is 14.0. The van der Waals surface area contributed by atoms with Crippen molar-refractivity contribution < 1.29 is 14.3 Å². The third-order valence-electron chi connectivity index (χ3n) is 4.40. The van der Waals surface area contributed by atoms with Crippen molar-refractivity contribution in [3.8, 4) is 0 Å². The zero-order chi connectivity index (χ0) is 21.9. The van der Waals surface area contributed by atoms with E-state index in [2.05, 4.69) is 25.9 Å². The van der Waals surface area contributed by atoms with Crippen LogP contribution in [0.15, 0.2) is 36.0 Å². The number of anilines is 3. The molecule has 2 aromatic heterocycles. The van der Waals surface area contributed by atoms with Gasteiger partial charge in [-0.05, 0) is 45.9 Å². The van der Waals surface area contributed by atoms with Crippen molar-refractivity contribution in [3.63, 3.8) is 0 Å². The van der Waals surface area contributed by atoms with E-state index >= 15 is 0 Å². The molecule has 0 aliphatic rings. The Labute approximate surface area is 178 Å². The van der Waals surface area contributed by atoms with Crippen molar-refractivity contribution in [3.05, 3.63) is 41.5 Å². The lowest BCUT2D eigenvalue weighted by Gasteiger charge is -2.23. The van der Waals surface area contributed by atoms with Gasteiger partial charge in [0.2, 0.25) is 0 Å². The van der Waals surface area contributed by atoms with Crippen molar-refractivity contribution in [2.45, 2.75) is 45.5 Å². The Morgan fingerprint density at radius 2 is 2.03 bits per heavy atom. The smallest absolute Gasteiger partial charge is 0.255 e. The van der Waals surface area contributed by atoms with Crippen LogP contribution < -0.4 is 16.0 Å². The third kappa shape index (κ3) is 5.43. The highest BCUT2D eigenvalue weighted by Gasteiger charge is 2.27. The van der Waals surface area contributed by atoms with Gasteiger partial charge in [0.1, 0.15) is 12.0 Å². The summed E-state index contributed by atoms with van der Waals surface area (Å²) in [5, 5.41) is 18.7. The van der Waals surface area contributed by atoms with Gasteiger partial charge in [0.15, 0.2) is 0 Å². The van der Waals surface area contributed by atoms with Crippen LogP contribution in [-0.2, 0) is 0 Å². The van der Waals surface area contributed by atoms with E-state index in [-0.39, 0.29) is 12.6 Å². The van der Waals surface area contributed by atoms with E-state index in [0.29, 0.717) is 17.1 Å². The molecule has 0 fully saturated rings. The lowest BCUT2D eigenvalue weighted by Crippen LogP contribution is -2.42. The minimum atomic E-state index is -1.58. The highest BCUT2D eigenvalue weighted by atomic mass is 32.1. The maximum Gasteiger partial charge on any atom is 0.255 e. The predicted octanol–water partition coefficient (Wildman–Crippen LogP) is 4.09. The SMILES string of the molecule is CC(C)Nc1cc(Nc2ccc3ncsc3c2)ncc1C(=O)NC[C@@H](F)C(C)(C)O. The zero-order valence-corrected chi connectivity index (χ0v) is 18.2. The molecular formula is C21H26FN5O2S. The quantitative estimate of drug-likeness (QED) is 0.429. The number of alkyl halides is 1. The number of aliphatic hydroxyl groups is 1. The number of hydrogen-bond donors (Lipinski definition) is 4. The fourth-order valence-corrected chi connectivity index (χ4v) is 3.46. The lowest BCUT2D eigenvalue weighted by molar-refractivity contribution is -0.00177. The molecular weight excluding hydrogens is 405 g/mol. The molecule has 160 valence electrons. The molecule has 0 saturated heterocycles. The van der Waals surface area contributed by atoms with Gasteiger partial charge in [0.25, 0.3) is 5.91 Å². The van der Waals surface area contributed by atoms with Crippen LogP contribution in [0.5, 0.6) is 0 Å². The van der Waals surface area contributed by atoms with Gasteiger partial charge in [-0.15, -0.1) is 11.3 Å². The monoisotopic (exact) mass is 431 g/mol. The van der Waals surface area contributed by atoms with Crippen LogP contribution in [0.4, 0.5) is 21.6 Å². The number of amides is 1. The Balaban J connectivity index is 1.79. The molecule has 0 aliphatic heterocycles. The fourth-order valence-electron chi connectivity index (χ4n) is 2.74. The van der Waals surface area contributed by atoms with Gasteiger partial charge in [-0.25, -0.2) is 14.4 Å². The Bertz CT molecular complexity index is 1030. The van der Waals surface area contributed by atoms with E-state index in [9.17, 15) is 14.3 Å². The average Bonchev–Trinajstić information content (AvgIpc) is 3.12. The second kappa shape index (κ2) is 8.93. The number of nitrogens with zero attached hydrogens (tertiary/aromatic N) is 2. The first-order valence-corrected chi connectivity index (χ1v) is 10.5. The number of aromatic nitrogens is 2. The second-order valence-corrected chi connectivity index (χ2v) is 8.79. The molecule has 0 bridgehead atoms. The molecule has 0 saturated carbocycles. The molecule has 1 amide bonds. The van der Waals surface area contributed by atoms with E-state index in [4.69, 9.17) is 0 Å². The lowest BCUT2D eigenvalue weighted by atomic mass is 10.0. The summed E-state index contributed by atoms with van der Waals surface area (Å²) in [7, 11) is 0. The van der Waals surface area contributed by atoms with E-state index < -0.39 is 17.7 Å². The Hall–Kier alpha value is -2.78. The molecule has 4 N–H and O–H groups in total. The summed E-state index contributed by atoms with van der Waals surface area (Å²) in [6.45, 7) is 6.35. The van der Waals surface area contributed by atoms with Crippen molar-refractivity contribution in [1.29, 1.82) is 0 Å². The number of thiazole rings is 1. The van der Waals surface area contributed by atoms with Gasteiger partial charge in [-0.1, -0.05) is 0 Å². The molecule has 2 heterocycles. The summed E-state index contributed by atoms with van der Waals surface area (Å²) in [5.41, 5.74) is 2.94. The van der Waals surface area contributed by atoms with Crippen LogP contribution in [0.1, 0.15) is 38.1 Å². The minimum Gasteiger partial charge on any atom is -0.387 e. The van der Waals surface area contributed by atoms with Crippen molar-refractivity contribution in [2.75, 3.05) is 17.2 Å². The van der Waals surface area contributed by atoms with Gasteiger partial charge >= 0.3 is 0 Å². The number of pyridine rings is 1. The molecule has 3 rings (SSSR count). The molecule has 7 nitrogen and oxygen atoms in total. The number of rotatable bonds is 8. The summed E-state index contributed by atoms with van der Waals surface area (Å²) < 4.78 is 15.0. The summed E-state index contributed by atoms with van der Waals surface area (Å²) in [6, 6.07) is 7.65. The fraction of sp³-hybridized carbons (Fsp3) is 0.381. The van der Waals surface area contributed by atoms with Crippen LogP contribution in [-0.4, -0.2) is 45.3 Å². The van der Waals surface area contributed by atoms with Crippen molar-refractivity contribution >= 4 is 44.7 Å². The molecule has 0 aliphatic carbocycles. The molecule has 0 radical (unpaired) electrons. The number of hydrogen-bond acceptors (Lipinski definition) is 7. The second-order valence-electron chi connectivity index (χ2n) is 7.91. The van der Waals surface area contributed by atoms with Crippen LogP contribution in [0, 0.1) is 0 Å². The van der Waals surface area contributed by atoms with Gasteiger partial charge < -0.3 is 21.1 Å². The Morgan fingerprint density at radius 3 is 2.73 bits per heavy atom. The first-order chi connectivity index (χ1) is 14.1. The van der Waals surface area contributed by atoms with E-state index in [0.717, 1.165) is 15.9 Å². The number of fused-ring (bicyclic) bond motifs is 1. The highest BCUT2D eigenvalue weighted by Crippen LogP contribution is 2.26. The molecule has 1 atom stereocenters. The first-order valence-electron chi connectivity index (χ1n) is 9.65.